The maximum atomic E-state index is 13.7. The van der Waals surface area contributed by atoms with Gasteiger partial charge in [0.05, 0.1) is 12.2 Å². The number of unbranched alkanes of at least 4 members (excludes halogenated alkanes) is 5. The molecule has 1 aliphatic rings. The lowest BCUT2D eigenvalue weighted by atomic mass is 10.1. The van der Waals surface area contributed by atoms with Gasteiger partial charge in [-0.1, -0.05) is 51.9 Å². The van der Waals surface area contributed by atoms with Crippen LogP contribution >= 0.6 is 7.60 Å². The zero-order chi connectivity index (χ0) is 18.1. The van der Waals surface area contributed by atoms with Crippen LogP contribution < -0.4 is 5.32 Å². The summed E-state index contributed by atoms with van der Waals surface area (Å²) in [4.78, 5) is 0. The van der Waals surface area contributed by atoms with Crippen molar-refractivity contribution in [2.24, 2.45) is 0 Å². The first kappa shape index (κ1) is 22.2. The van der Waals surface area contributed by atoms with E-state index in [0.717, 1.165) is 38.6 Å². The Balaban J connectivity index is 2.64. The van der Waals surface area contributed by atoms with E-state index in [1.165, 1.54) is 32.1 Å². The smallest absolute Gasteiger partial charge is 0.305 e. The van der Waals surface area contributed by atoms with Crippen molar-refractivity contribution in [1.29, 1.82) is 0 Å². The number of hydrogen-bond donors (Lipinski definition) is 1. The summed E-state index contributed by atoms with van der Waals surface area (Å²) in [7, 11) is -3.19. The van der Waals surface area contributed by atoms with Crippen molar-refractivity contribution in [3.63, 3.8) is 0 Å². The van der Waals surface area contributed by atoms with Gasteiger partial charge >= 0.3 is 7.60 Å². The van der Waals surface area contributed by atoms with Gasteiger partial charge in [-0.25, -0.2) is 0 Å². The molecule has 5 heteroatoms. The molecule has 0 aromatic carbocycles. The fourth-order valence-corrected chi connectivity index (χ4v) is 6.25. The van der Waals surface area contributed by atoms with Crippen LogP contribution in [0.15, 0.2) is 0 Å². The Labute approximate surface area is 150 Å². The molecule has 1 rings (SSSR count). The molecule has 1 saturated carbocycles. The Morgan fingerprint density at radius 1 is 0.917 bits per heavy atom. The zero-order valence-electron chi connectivity index (χ0n) is 16.6. The first-order chi connectivity index (χ1) is 11.4. The van der Waals surface area contributed by atoms with E-state index >= 15 is 0 Å². The molecular weight excluding hydrogens is 321 g/mol. The first-order valence-electron chi connectivity index (χ1n) is 10.1. The highest BCUT2D eigenvalue weighted by Gasteiger charge is 2.53. The normalized spacial score (nSPS) is 18.0. The maximum absolute atomic E-state index is 13.7. The van der Waals surface area contributed by atoms with E-state index in [2.05, 4.69) is 12.2 Å². The quantitative estimate of drug-likeness (QED) is 0.311. The Hall–Kier alpha value is 0.110. The average molecular weight is 362 g/mol. The molecule has 24 heavy (non-hydrogen) atoms. The highest BCUT2D eigenvalue weighted by molar-refractivity contribution is 7.55. The lowest BCUT2D eigenvalue weighted by Gasteiger charge is -2.38. The molecule has 0 spiro atoms. The molecule has 4 nitrogen and oxygen atoms in total. The van der Waals surface area contributed by atoms with Gasteiger partial charge in [-0.3, -0.25) is 4.57 Å². The van der Waals surface area contributed by atoms with E-state index in [4.69, 9.17) is 9.05 Å². The summed E-state index contributed by atoms with van der Waals surface area (Å²) < 4.78 is 25.5. The third-order valence-corrected chi connectivity index (χ3v) is 7.69. The summed E-state index contributed by atoms with van der Waals surface area (Å²) >= 11 is 0. The molecule has 0 aromatic heterocycles. The average Bonchev–Trinajstić information content (AvgIpc) is 2.95. The minimum absolute atomic E-state index is 0.0945. The number of nitrogens with one attached hydrogen (secondary N) is 1. The van der Waals surface area contributed by atoms with Crippen molar-refractivity contribution in [1.82, 2.24) is 5.32 Å². The third kappa shape index (κ3) is 6.78. The molecule has 0 atom stereocenters. The Morgan fingerprint density at radius 3 is 1.92 bits per heavy atom. The van der Waals surface area contributed by atoms with E-state index in [9.17, 15) is 4.57 Å². The minimum atomic E-state index is -3.19. The molecule has 0 saturated heterocycles. The fraction of sp³-hybridized carbons (Fsp3) is 1.00. The first-order valence-corrected chi connectivity index (χ1v) is 11.6. The second-order valence-electron chi connectivity index (χ2n) is 7.74. The standard InChI is InChI=1S/C19H40NO3P/c1-6-7-8-9-10-13-16-20-19(14-11-12-15-19)24(21,22-17(2)3)23-18(4)5/h17-18,20H,6-16H2,1-5H3. The summed E-state index contributed by atoms with van der Waals surface area (Å²) in [5, 5.41) is 3.14. The van der Waals surface area contributed by atoms with E-state index in [0.29, 0.717) is 0 Å². The van der Waals surface area contributed by atoms with Crippen LogP contribution in [0.2, 0.25) is 0 Å². The van der Waals surface area contributed by atoms with Crippen molar-refractivity contribution in [3.05, 3.63) is 0 Å². The summed E-state index contributed by atoms with van der Waals surface area (Å²) in [6.07, 6.45) is 11.4. The number of hydrogen-bond acceptors (Lipinski definition) is 4. The van der Waals surface area contributed by atoms with Gasteiger partial charge in [0.25, 0.3) is 0 Å². The van der Waals surface area contributed by atoms with Crippen molar-refractivity contribution in [3.8, 4) is 0 Å². The SMILES string of the molecule is CCCCCCCCNC1(P(=O)(OC(C)C)OC(C)C)CCCC1. The van der Waals surface area contributed by atoms with Gasteiger partial charge in [0, 0.05) is 0 Å². The molecule has 0 aromatic rings. The van der Waals surface area contributed by atoms with Gasteiger partial charge < -0.3 is 14.4 Å². The van der Waals surface area contributed by atoms with Crippen molar-refractivity contribution < 1.29 is 13.6 Å². The predicted octanol–water partition coefficient (Wildman–Crippen LogP) is 6.25. The topological polar surface area (TPSA) is 47.6 Å². The van der Waals surface area contributed by atoms with Crippen LogP contribution in [0.5, 0.6) is 0 Å². The van der Waals surface area contributed by atoms with Crippen LogP contribution in [0.3, 0.4) is 0 Å². The van der Waals surface area contributed by atoms with Crippen LogP contribution in [0, 0.1) is 0 Å². The Morgan fingerprint density at radius 2 is 1.42 bits per heavy atom. The van der Waals surface area contributed by atoms with Gasteiger partial charge in [-0.05, 0) is 53.5 Å². The minimum Gasteiger partial charge on any atom is -0.305 e. The maximum Gasteiger partial charge on any atom is 0.351 e. The Bertz CT molecular complexity index is 365. The molecular formula is C19H40NO3P. The summed E-state index contributed by atoms with van der Waals surface area (Å²) in [6.45, 7) is 10.9. The number of rotatable bonds is 13. The predicted molar refractivity (Wildman–Crippen MR) is 103 cm³/mol. The summed E-state index contributed by atoms with van der Waals surface area (Å²) in [6, 6.07) is 0. The van der Waals surface area contributed by atoms with Crippen molar-refractivity contribution >= 4 is 7.60 Å². The molecule has 0 radical (unpaired) electrons. The van der Waals surface area contributed by atoms with Crippen molar-refractivity contribution in [2.75, 3.05) is 6.54 Å². The third-order valence-electron chi connectivity index (χ3n) is 4.64. The largest absolute Gasteiger partial charge is 0.351 e. The molecule has 1 N–H and O–H groups in total. The van der Waals surface area contributed by atoms with E-state index in [1.807, 2.05) is 27.7 Å². The second kappa shape index (κ2) is 11.0. The van der Waals surface area contributed by atoms with E-state index < -0.39 is 12.9 Å². The summed E-state index contributed by atoms with van der Waals surface area (Å²) in [5.74, 6) is 0. The van der Waals surface area contributed by atoms with E-state index in [-0.39, 0.29) is 12.2 Å². The van der Waals surface area contributed by atoms with Gasteiger partial charge in [0.2, 0.25) is 0 Å². The van der Waals surface area contributed by atoms with Gasteiger partial charge in [-0.2, -0.15) is 0 Å². The molecule has 1 aliphatic carbocycles. The van der Waals surface area contributed by atoms with Gasteiger partial charge in [-0.15, -0.1) is 0 Å². The van der Waals surface area contributed by atoms with Crippen molar-refractivity contribution in [2.45, 2.75) is 116 Å². The zero-order valence-corrected chi connectivity index (χ0v) is 17.5. The molecule has 144 valence electrons. The molecule has 0 unspecified atom stereocenters. The fourth-order valence-electron chi connectivity index (χ4n) is 3.52. The van der Waals surface area contributed by atoms with E-state index in [1.54, 1.807) is 0 Å². The van der Waals surface area contributed by atoms with Crippen LogP contribution in [-0.2, 0) is 13.6 Å². The second-order valence-corrected chi connectivity index (χ2v) is 10.0. The molecule has 0 heterocycles. The van der Waals surface area contributed by atoms with Crippen LogP contribution in [0.1, 0.15) is 98.8 Å². The van der Waals surface area contributed by atoms with Crippen LogP contribution in [0.25, 0.3) is 0 Å². The lowest BCUT2D eigenvalue weighted by molar-refractivity contribution is 0.119. The molecule has 0 aliphatic heterocycles. The monoisotopic (exact) mass is 361 g/mol. The Kier molecular flexibility index (Phi) is 10.1. The van der Waals surface area contributed by atoms with Crippen LogP contribution in [-0.4, -0.2) is 24.0 Å². The van der Waals surface area contributed by atoms with Gasteiger partial charge in [0.1, 0.15) is 5.28 Å². The lowest BCUT2D eigenvalue weighted by Crippen LogP contribution is -2.44. The molecule has 0 amide bonds. The summed E-state index contributed by atoms with van der Waals surface area (Å²) in [5.41, 5.74) is 0. The van der Waals surface area contributed by atoms with Gasteiger partial charge in [0.15, 0.2) is 0 Å². The molecule has 1 fully saturated rings. The van der Waals surface area contributed by atoms with Crippen LogP contribution in [0.4, 0.5) is 0 Å². The highest BCUT2D eigenvalue weighted by Crippen LogP contribution is 2.65. The highest BCUT2D eigenvalue weighted by atomic mass is 31.2. The molecule has 0 bridgehead atoms.